The second kappa shape index (κ2) is 3.44. The van der Waals surface area contributed by atoms with Crippen LogP contribution in [-0.4, -0.2) is 15.5 Å². The molecule has 0 spiro atoms. The highest BCUT2D eigenvalue weighted by molar-refractivity contribution is 5.10. The van der Waals surface area contributed by atoms with E-state index in [1.165, 1.54) is 0 Å². The van der Waals surface area contributed by atoms with E-state index in [0.717, 1.165) is 5.69 Å². The Morgan fingerprint density at radius 1 is 1.46 bits per heavy atom. The van der Waals surface area contributed by atoms with Gasteiger partial charge in [0, 0.05) is 11.9 Å². The maximum atomic E-state index is 12.7. The number of alkyl halides is 2. The van der Waals surface area contributed by atoms with Crippen molar-refractivity contribution in [2.45, 2.75) is 39.7 Å². The molecular formula is C9H14F2N2. The predicted molar refractivity (Wildman–Crippen MR) is 47.0 cm³/mol. The third kappa shape index (κ3) is 1.87. The summed E-state index contributed by atoms with van der Waals surface area (Å²) < 4.78 is 26.9. The minimum absolute atomic E-state index is 0.200. The van der Waals surface area contributed by atoms with E-state index in [9.17, 15) is 8.78 Å². The summed E-state index contributed by atoms with van der Waals surface area (Å²) in [5.74, 6) is -2.07. The van der Waals surface area contributed by atoms with Crippen LogP contribution in [0.3, 0.4) is 0 Å². The molecule has 0 saturated heterocycles. The van der Waals surface area contributed by atoms with Gasteiger partial charge in [0.25, 0.3) is 5.92 Å². The second-order valence-corrected chi connectivity index (χ2v) is 2.93. The Morgan fingerprint density at radius 3 is 2.62 bits per heavy atom. The molecule has 1 aromatic rings. The number of hydrogen-bond donors (Lipinski definition) is 0. The van der Waals surface area contributed by atoms with E-state index in [1.54, 1.807) is 17.7 Å². The Hall–Kier alpha value is -0.930. The average Bonchev–Trinajstić information content (AvgIpc) is 2.54. The molecule has 0 amide bonds. The lowest BCUT2D eigenvalue weighted by atomic mass is 10.3. The molecule has 74 valence electrons. The zero-order valence-corrected chi connectivity index (χ0v) is 8.14. The van der Waals surface area contributed by atoms with Crippen LogP contribution in [0.25, 0.3) is 0 Å². The monoisotopic (exact) mass is 188 g/mol. The van der Waals surface area contributed by atoms with Crippen molar-refractivity contribution in [3.63, 3.8) is 0 Å². The summed E-state index contributed by atoms with van der Waals surface area (Å²) in [7, 11) is 0. The van der Waals surface area contributed by atoms with Crippen LogP contribution in [0.1, 0.15) is 25.4 Å². The fraction of sp³-hybridized carbons (Fsp3) is 0.667. The summed E-state index contributed by atoms with van der Waals surface area (Å²) in [5.41, 5.74) is 0.817. The molecule has 1 aliphatic rings. The quantitative estimate of drug-likeness (QED) is 0.611. The number of nitrogens with zero attached hydrogens (tertiary/aromatic N) is 2. The van der Waals surface area contributed by atoms with Crippen molar-refractivity contribution in [3.8, 4) is 0 Å². The Labute approximate surface area is 76.6 Å². The molecule has 1 aromatic heterocycles. The van der Waals surface area contributed by atoms with Gasteiger partial charge in [-0.25, -0.2) is 13.8 Å². The van der Waals surface area contributed by atoms with E-state index < -0.39 is 5.92 Å². The molecule has 0 saturated carbocycles. The van der Waals surface area contributed by atoms with Crippen LogP contribution >= 0.6 is 0 Å². The first-order valence-corrected chi connectivity index (χ1v) is 4.47. The zero-order chi connectivity index (χ0) is 10.1. The molecule has 2 heterocycles. The smallest absolute Gasteiger partial charge is 0.272 e. The van der Waals surface area contributed by atoms with Gasteiger partial charge in [-0.05, 0) is 6.92 Å². The lowest BCUT2D eigenvalue weighted by Gasteiger charge is -2.05. The predicted octanol–water partition coefficient (Wildman–Crippen LogP) is 2.41. The molecule has 0 fully saturated rings. The van der Waals surface area contributed by atoms with Gasteiger partial charge < -0.3 is 4.57 Å². The van der Waals surface area contributed by atoms with Gasteiger partial charge in [-0.1, -0.05) is 13.8 Å². The van der Waals surface area contributed by atoms with Gasteiger partial charge in [0.1, 0.15) is 5.82 Å². The summed E-state index contributed by atoms with van der Waals surface area (Å²) in [6.07, 6.45) is 1.42. The van der Waals surface area contributed by atoms with Gasteiger partial charge in [-0.15, -0.1) is 0 Å². The number of aromatic nitrogens is 2. The lowest BCUT2D eigenvalue weighted by Crippen LogP contribution is -2.17. The maximum absolute atomic E-state index is 12.7. The van der Waals surface area contributed by atoms with Crippen LogP contribution in [0, 0.1) is 6.92 Å². The van der Waals surface area contributed by atoms with Gasteiger partial charge in [0.2, 0.25) is 0 Å². The molecule has 0 bridgehead atoms. The van der Waals surface area contributed by atoms with Crippen molar-refractivity contribution < 1.29 is 8.78 Å². The van der Waals surface area contributed by atoms with Crippen LogP contribution in [0.15, 0.2) is 6.20 Å². The maximum Gasteiger partial charge on any atom is 0.272 e. The third-order valence-electron chi connectivity index (χ3n) is 1.94. The number of imidazole rings is 1. The number of rotatable bonds is 0. The highest BCUT2D eigenvalue weighted by atomic mass is 19.3. The normalized spacial score (nSPS) is 17.6. The highest BCUT2D eigenvalue weighted by Gasteiger charge is 2.38. The molecule has 2 nitrogen and oxygen atoms in total. The van der Waals surface area contributed by atoms with E-state index in [0.29, 0.717) is 5.82 Å². The van der Waals surface area contributed by atoms with Gasteiger partial charge in [-0.3, -0.25) is 0 Å². The van der Waals surface area contributed by atoms with Crippen molar-refractivity contribution in [1.29, 1.82) is 0 Å². The average molecular weight is 188 g/mol. The fourth-order valence-corrected chi connectivity index (χ4v) is 1.39. The SMILES string of the molecule is CC.Cc1cnc2n1CC(F)(F)C2. The third-order valence-corrected chi connectivity index (χ3v) is 1.94. The van der Waals surface area contributed by atoms with Gasteiger partial charge in [0.05, 0.1) is 13.0 Å². The molecule has 0 atom stereocenters. The minimum Gasteiger partial charge on any atom is -0.326 e. The van der Waals surface area contributed by atoms with Gasteiger partial charge >= 0.3 is 0 Å². The second-order valence-electron chi connectivity index (χ2n) is 2.93. The van der Waals surface area contributed by atoms with Crippen molar-refractivity contribution >= 4 is 0 Å². The van der Waals surface area contributed by atoms with Crippen LogP contribution in [0.4, 0.5) is 8.78 Å². The fourth-order valence-electron chi connectivity index (χ4n) is 1.39. The lowest BCUT2D eigenvalue weighted by molar-refractivity contribution is 0.00234. The molecule has 2 rings (SSSR count). The van der Waals surface area contributed by atoms with Crippen molar-refractivity contribution in [2.75, 3.05) is 0 Å². The van der Waals surface area contributed by atoms with Gasteiger partial charge in [0.15, 0.2) is 0 Å². The summed E-state index contributed by atoms with van der Waals surface area (Å²) in [5, 5.41) is 0. The van der Waals surface area contributed by atoms with E-state index in [-0.39, 0.29) is 13.0 Å². The highest BCUT2D eigenvalue weighted by Crippen LogP contribution is 2.29. The van der Waals surface area contributed by atoms with E-state index >= 15 is 0 Å². The number of halogens is 2. The molecule has 0 aromatic carbocycles. The number of hydrogen-bond acceptors (Lipinski definition) is 1. The van der Waals surface area contributed by atoms with Crippen molar-refractivity contribution in [3.05, 3.63) is 17.7 Å². The standard InChI is InChI=1S/C7H8F2N2.C2H6/c1-5-3-10-6-2-7(8,9)4-11(5)6;1-2/h3H,2,4H2,1H3;1-2H3. The first kappa shape index (κ1) is 10.2. The van der Waals surface area contributed by atoms with Crippen LogP contribution < -0.4 is 0 Å². The summed E-state index contributed by atoms with van der Waals surface area (Å²) in [6.45, 7) is 5.59. The molecule has 0 aliphatic carbocycles. The van der Waals surface area contributed by atoms with E-state index in [2.05, 4.69) is 4.98 Å². The molecule has 1 aliphatic heterocycles. The summed E-state index contributed by atoms with van der Waals surface area (Å²) in [4.78, 5) is 3.87. The first-order valence-electron chi connectivity index (χ1n) is 4.47. The van der Waals surface area contributed by atoms with E-state index in [1.807, 2.05) is 13.8 Å². The Balaban J connectivity index is 0.000000396. The Morgan fingerprint density at radius 2 is 2.08 bits per heavy atom. The topological polar surface area (TPSA) is 17.8 Å². The Kier molecular flexibility index (Phi) is 2.68. The first-order chi connectivity index (χ1) is 6.08. The van der Waals surface area contributed by atoms with Crippen molar-refractivity contribution in [1.82, 2.24) is 9.55 Å². The van der Waals surface area contributed by atoms with Crippen molar-refractivity contribution in [2.24, 2.45) is 0 Å². The van der Waals surface area contributed by atoms with Crippen LogP contribution in [-0.2, 0) is 13.0 Å². The van der Waals surface area contributed by atoms with Crippen LogP contribution in [0.5, 0.6) is 0 Å². The largest absolute Gasteiger partial charge is 0.326 e. The molecule has 0 N–H and O–H groups in total. The minimum atomic E-state index is -2.58. The van der Waals surface area contributed by atoms with Gasteiger partial charge in [-0.2, -0.15) is 0 Å². The van der Waals surface area contributed by atoms with E-state index in [4.69, 9.17) is 0 Å². The summed E-state index contributed by atoms with van der Waals surface area (Å²) in [6, 6.07) is 0. The van der Waals surface area contributed by atoms with Crippen LogP contribution in [0.2, 0.25) is 0 Å². The molecular weight excluding hydrogens is 174 g/mol. The zero-order valence-electron chi connectivity index (χ0n) is 8.14. The molecule has 4 heteroatoms. The number of fused-ring (bicyclic) bond motifs is 1. The molecule has 0 unspecified atom stereocenters. The molecule has 13 heavy (non-hydrogen) atoms. The Bertz CT molecular complexity index is 292. The molecule has 0 radical (unpaired) electrons. The number of aryl methyl sites for hydroxylation is 1. The summed E-state index contributed by atoms with van der Waals surface area (Å²) >= 11 is 0.